The summed E-state index contributed by atoms with van der Waals surface area (Å²) >= 11 is 0. The largest absolute Gasteiger partial charge is 0.494 e. The number of anilines is 1. The lowest BCUT2D eigenvalue weighted by Crippen LogP contribution is -2.38. The van der Waals surface area contributed by atoms with Gasteiger partial charge in [-0.25, -0.2) is 4.90 Å². The van der Waals surface area contributed by atoms with E-state index < -0.39 is 10.8 Å². The van der Waals surface area contributed by atoms with Gasteiger partial charge in [0.05, 0.1) is 23.1 Å². The summed E-state index contributed by atoms with van der Waals surface area (Å²) in [5, 5.41) is 0. The zero-order valence-electron chi connectivity index (χ0n) is 16.6. The second-order valence-corrected chi connectivity index (χ2v) is 8.17. The summed E-state index contributed by atoms with van der Waals surface area (Å²) in [6.07, 6.45) is 0. The number of hydrogen-bond acceptors (Lipinski definition) is 4. The quantitative estimate of drug-likeness (QED) is 0.748. The van der Waals surface area contributed by atoms with Crippen molar-refractivity contribution >= 4 is 17.5 Å². The Kier molecular flexibility index (Phi) is 4.50. The Morgan fingerprint density at radius 3 is 2.00 bits per heavy atom. The lowest BCUT2D eigenvalue weighted by molar-refractivity contribution is -0.128. The van der Waals surface area contributed by atoms with Crippen molar-refractivity contribution in [1.29, 1.82) is 0 Å². The summed E-state index contributed by atoms with van der Waals surface area (Å²) in [5.41, 5.74) is 0.359. The molecule has 0 aromatic heterocycles. The van der Waals surface area contributed by atoms with Crippen LogP contribution in [-0.2, 0) is 16.1 Å². The molecule has 0 bridgehead atoms. The molecule has 0 radical (unpaired) electrons. The third kappa shape index (κ3) is 2.73. The van der Waals surface area contributed by atoms with Crippen molar-refractivity contribution in [3.63, 3.8) is 0 Å². The molecule has 2 atom stereocenters. The Hall–Kier alpha value is -2.66. The van der Waals surface area contributed by atoms with E-state index in [9.17, 15) is 9.59 Å². The van der Waals surface area contributed by atoms with Crippen LogP contribution in [0.5, 0.6) is 5.75 Å². The van der Waals surface area contributed by atoms with Crippen molar-refractivity contribution in [2.75, 3.05) is 24.6 Å². The normalized spacial score (nSPS) is 27.3. The summed E-state index contributed by atoms with van der Waals surface area (Å²) in [4.78, 5) is 30.4. The van der Waals surface area contributed by atoms with Gasteiger partial charge in [-0.05, 0) is 50.6 Å². The molecule has 0 N–H and O–H groups in total. The molecule has 0 saturated carbocycles. The molecule has 2 aliphatic heterocycles. The Morgan fingerprint density at radius 1 is 0.893 bits per heavy atom. The van der Waals surface area contributed by atoms with E-state index in [1.807, 2.05) is 39.0 Å². The number of likely N-dealkylation sites (tertiary alicyclic amines) is 1. The molecule has 5 nitrogen and oxygen atoms in total. The van der Waals surface area contributed by atoms with Gasteiger partial charge >= 0.3 is 0 Å². The predicted octanol–water partition coefficient (Wildman–Crippen LogP) is 3.49. The van der Waals surface area contributed by atoms with Gasteiger partial charge < -0.3 is 4.74 Å². The first kappa shape index (κ1) is 18.7. The van der Waals surface area contributed by atoms with Crippen LogP contribution in [0.3, 0.4) is 0 Å². The van der Waals surface area contributed by atoms with Gasteiger partial charge in [-0.1, -0.05) is 30.3 Å². The summed E-state index contributed by atoms with van der Waals surface area (Å²) in [6, 6.07) is 17.4. The highest BCUT2D eigenvalue weighted by molar-refractivity contribution is 6.25. The van der Waals surface area contributed by atoms with E-state index in [0.29, 0.717) is 25.4 Å². The highest BCUT2D eigenvalue weighted by Gasteiger charge is 2.68. The van der Waals surface area contributed by atoms with Crippen LogP contribution in [0.4, 0.5) is 5.69 Å². The molecule has 2 saturated heterocycles. The van der Waals surface area contributed by atoms with Gasteiger partial charge in [0, 0.05) is 19.6 Å². The molecule has 0 unspecified atom stereocenters. The average Bonchev–Trinajstić information content (AvgIpc) is 3.02. The van der Waals surface area contributed by atoms with Crippen LogP contribution < -0.4 is 9.64 Å². The topological polar surface area (TPSA) is 49.9 Å². The Bertz CT molecular complexity index is 866. The minimum Gasteiger partial charge on any atom is -0.494 e. The van der Waals surface area contributed by atoms with Gasteiger partial charge in [-0.3, -0.25) is 14.5 Å². The minimum absolute atomic E-state index is 0.111. The molecule has 2 amide bonds. The van der Waals surface area contributed by atoms with Gasteiger partial charge in [0.1, 0.15) is 5.75 Å². The van der Waals surface area contributed by atoms with Crippen LogP contribution >= 0.6 is 0 Å². The summed E-state index contributed by atoms with van der Waals surface area (Å²) in [5.74, 6) is 0.511. The van der Waals surface area contributed by atoms with Crippen LogP contribution in [0.25, 0.3) is 0 Å². The van der Waals surface area contributed by atoms with Crippen LogP contribution in [0, 0.1) is 10.8 Å². The maximum atomic E-state index is 13.4. The van der Waals surface area contributed by atoms with Gasteiger partial charge in [-0.2, -0.15) is 0 Å². The summed E-state index contributed by atoms with van der Waals surface area (Å²) in [6.45, 7) is 8.28. The van der Waals surface area contributed by atoms with Crippen LogP contribution in [-0.4, -0.2) is 36.4 Å². The van der Waals surface area contributed by atoms with E-state index in [0.717, 1.165) is 12.3 Å². The fraction of sp³-hybridized carbons (Fsp3) is 0.391. The Morgan fingerprint density at radius 2 is 1.46 bits per heavy atom. The van der Waals surface area contributed by atoms with E-state index in [2.05, 4.69) is 17.0 Å². The number of hydrogen-bond donors (Lipinski definition) is 0. The highest BCUT2D eigenvalue weighted by atomic mass is 16.5. The second kappa shape index (κ2) is 6.74. The maximum absolute atomic E-state index is 13.4. The third-order valence-electron chi connectivity index (χ3n) is 6.30. The molecule has 5 heteroatoms. The molecule has 4 rings (SSSR count). The smallest absolute Gasteiger partial charge is 0.242 e. The van der Waals surface area contributed by atoms with E-state index >= 15 is 0 Å². The molecule has 2 aliphatic rings. The first-order valence-electron chi connectivity index (χ1n) is 9.77. The van der Waals surface area contributed by atoms with E-state index in [-0.39, 0.29) is 11.8 Å². The first-order chi connectivity index (χ1) is 13.4. The first-order valence-corrected chi connectivity index (χ1v) is 9.77. The Balaban J connectivity index is 1.59. The number of ether oxygens (including phenoxy) is 1. The number of fused-ring (bicyclic) bond motifs is 1. The minimum atomic E-state index is -0.725. The zero-order chi connectivity index (χ0) is 19.9. The lowest BCUT2D eigenvalue weighted by Gasteiger charge is -2.26. The molecule has 0 aliphatic carbocycles. The molecule has 28 heavy (non-hydrogen) atoms. The van der Waals surface area contributed by atoms with E-state index in [1.165, 1.54) is 10.5 Å². The molecule has 2 heterocycles. The van der Waals surface area contributed by atoms with Crippen LogP contribution in [0.1, 0.15) is 26.3 Å². The fourth-order valence-electron chi connectivity index (χ4n) is 4.54. The van der Waals surface area contributed by atoms with Crippen molar-refractivity contribution in [3.05, 3.63) is 60.2 Å². The molecule has 2 aromatic carbocycles. The van der Waals surface area contributed by atoms with Crippen molar-refractivity contribution in [2.24, 2.45) is 10.8 Å². The maximum Gasteiger partial charge on any atom is 0.242 e. The molecular formula is C23H26N2O3. The third-order valence-corrected chi connectivity index (χ3v) is 6.30. The number of benzene rings is 2. The number of imide groups is 1. The van der Waals surface area contributed by atoms with Gasteiger partial charge in [-0.15, -0.1) is 0 Å². The Labute approximate surface area is 165 Å². The number of carbonyl (C=O) groups is 2. The molecule has 0 spiro atoms. The monoisotopic (exact) mass is 378 g/mol. The molecule has 2 fully saturated rings. The standard InChI is InChI=1S/C23H26N2O3/c1-4-28-19-12-10-18(11-13-19)25-20(26)22(2)15-24(16-23(22,3)21(25)27)14-17-8-6-5-7-9-17/h5-13H,4,14-16H2,1-3H3/t22-,23+. The van der Waals surface area contributed by atoms with Crippen molar-refractivity contribution < 1.29 is 14.3 Å². The lowest BCUT2D eigenvalue weighted by atomic mass is 9.70. The summed E-state index contributed by atoms with van der Waals surface area (Å²) in [7, 11) is 0. The van der Waals surface area contributed by atoms with E-state index in [1.54, 1.807) is 24.3 Å². The van der Waals surface area contributed by atoms with Crippen molar-refractivity contribution in [1.82, 2.24) is 4.90 Å². The second-order valence-electron chi connectivity index (χ2n) is 8.17. The predicted molar refractivity (Wildman–Crippen MR) is 108 cm³/mol. The van der Waals surface area contributed by atoms with Gasteiger partial charge in [0.25, 0.3) is 0 Å². The molecular weight excluding hydrogens is 352 g/mol. The number of carbonyl (C=O) groups excluding carboxylic acids is 2. The van der Waals surface area contributed by atoms with E-state index in [4.69, 9.17) is 4.74 Å². The fourth-order valence-corrected chi connectivity index (χ4v) is 4.54. The molecule has 2 aromatic rings. The van der Waals surface area contributed by atoms with Crippen molar-refractivity contribution in [2.45, 2.75) is 27.3 Å². The highest BCUT2D eigenvalue weighted by Crippen LogP contribution is 2.54. The van der Waals surface area contributed by atoms with Crippen LogP contribution in [0.2, 0.25) is 0 Å². The van der Waals surface area contributed by atoms with Crippen LogP contribution in [0.15, 0.2) is 54.6 Å². The van der Waals surface area contributed by atoms with Crippen molar-refractivity contribution in [3.8, 4) is 5.75 Å². The zero-order valence-corrected chi connectivity index (χ0v) is 16.6. The molecule has 146 valence electrons. The average molecular weight is 378 g/mol. The van der Waals surface area contributed by atoms with Gasteiger partial charge in [0.2, 0.25) is 11.8 Å². The number of rotatable bonds is 5. The SMILES string of the molecule is CCOc1ccc(N2C(=O)[C@]3(C)CN(Cc4ccccc4)C[C@]3(C)C2=O)cc1. The summed E-state index contributed by atoms with van der Waals surface area (Å²) < 4.78 is 5.47. The van der Waals surface area contributed by atoms with Gasteiger partial charge in [0.15, 0.2) is 0 Å². The number of nitrogens with zero attached hydrogens (tertiary/aromatic N) is 2. The number of amides is 2.